The monoisotopic (exact) mass is 427 g/mol. The average molecular weight is 428 g/mol. The molecule has 4 rings (SSSR count). The van der Waals surface area contributed by atoms with Crippen LogP contribution >= 0.6 is 0 Å². The molecule has 0 spiro atoms. The van der Waals surface area contributed by atoms with Gasteiger partial charge in [0.15, 0.2) is 5.82 Å². The Hall–Kier alpha value is -4.26. The summed E-state index contributed by atoms with van der Waals surface area (Å²) in [6, 6.07) is 26.7. The first-order valence-corrected chi connectivity index (χ1v) is 10.3. The molecule has 0 bridgehead atoms. The lowest BCUT2D eigenvalue weighted by molar-refractivity contribution is 0.252. The molecule has 0 aliphatic rings. The molecule has 4 aromatic rings. The molecule has 0 radical (unpaired) electrons. The summed E-state index contributed by atoms with van der Waals surface area (Å²) in [5.74, 6) is 1.08. The number of rotatable bonds is 7. The second kappa shape index (κ2) is 9.70. The fourth-order valence-corrected chi connectivity index (χ4v) is 3.39. The second-order valence-electron chi connectivity index (χ2n) is 7.20. The largest absolute Gasteiger partial charge is 0.497 e. The number of aromatic nitrogens is 2. The van der Waals surface area contributed by atoms with Gasteiger partial charge in [-0.3, -0.25) is 0 Å². The first kappa shape index (κ1) is 21.0. The van der Waals surface area contributed by atoms with Gasteiger partial charge in [-0.15, -0.1) is 0 Å². The number of hydrogen-bond acceptors (Lipinski definition) is 4. The van der Waals surface area contributed by atoms with Crippen LogP contribution in [0.3, 0.4) is 0 Å². The minimum atomic E-state index is -0.338. The van der Waals surface area contributed by atoms with Crippen molar-refractivity contribution < 1.29 is 9.53 Å². The molecular weight excluding hydrogens is 402 g/mol. The standard InChI is InChI=1S/C25H25N5O2/c1-32-21-14-12-19(13-15-21)22-23(24(26)30(29-22)20-10-6-3-7-11-20)28-25(31)27-17-16-18-8-4-2-5-9-18/h2-15H,16-17,26H2,1H3,(H2,27,28,31). The number of nitrogens with one attached hydrogen (secondary N) is 2. The molecule has 2 amide bonds. The van der Waals surface area contributed by atoms with Gasteiger partial charge in [-0.25, -0.2) is 9.48 Å². The molecule has 0 aliphatic heterocycles. The zero-order chi connectivity index (χ0) is 22.3. The molecule has 1 aromatic heterocycles. The topological polar surface area (TPSA) is 94.2 Å². The number of hydrogen-bond donors (Lipinski definition) is 3. The number of ether oxygens (including phenoxy) is 1. The van der Waals surface area contributed by atoms with Crippen molar-refractivity contribution in [2.75, 3.05) is 24.7 Å². The number of carbonyl (C=O) groups is 1. The molecule has 0 unspecified atom stereocenters. The minimum absolute atomic E-state index is 0.338. The lowest BCUT2D eigenvalue weighted by Gasteiger charge is -2.09. The van der Waals surface area contributed by atoms with Crippen molar-refractivity contribution in [3.05, 3.63) is 90.5 Å². The number of urea groups is 1. The maximum absolute atomic E-state index is 12.6. The maximum Gasteiger partial charge on any atom is 0.319 e. The van der Waals surface area contributed by atoms with Gasteiger partial charge in [-0.05, 0) is 48.4 Å². The molecule has 1 heterocycles. The third-order valence-corrected chi connectivity index (χ3v) is 5.07. The SMILES string of the molecule is COc1ccc(-c2nn(-c3ccccc3)c(N)c2NC(=O)NCCc2ccccc2)cc1. The summed E-state index contributed by atoms with van der Waals surface area (Å²) in [6.45, 7) is 0.500. The highest BCUT2D eigenvalue weighted by atomic mass is 16.5. The zero-order valence-electron chi connectivity index (χ0n) is 17.8. The first-order chi connectivity index (χ1) is 15.7. The van der Waals surface area contributed by atoms with Crippen molar-refractivity contribution in [2.24, 2.45) is 0 Å². The van der Waals surface area contributed by atoms with Crippen LogP contribution in [-0.4, -0.2) is 29.5 Å². The van der Waals surface area contributed by atoms with Gasteiger partial charge >= 0.3 is 6.03 Å². The predicted molar refractivity (Wildman–Crippen MR) is 127 cm³/mol. The van der Waals surface area contributed by atoms with Crippen molar-refractivity contribution in [3.63, 3.8) is 0 Å². The number of benzene rings is 3. The Morgan fingerprint density at radius 3 is 2.28 bits per heavy atom. The molecule has 32 heavy (non-hydrogen) atoms. The van der Waals surface area contributed by atoms with Crippen LogP contribution in [0.15, 0.2) is 84.9 Å². The molecule has 0 saturated carbocycles. The number of carbonyl (C=O) groups excluding carboxylic acids is 1. The quantitative estimate of drug-likeness (QED) is 0.405. The fourth-order valence-electron chi connectivity index (χ4n) is 3.39. The van der Waals surface area contributed by atoms with Crippen LogP contribution in [0.1, 0.15) is 5.56 Å². The van der Waals surface area contributed by atoms with Crippen molar-refractivity contribution in [2.45, 2.75) is 6.42 Å². The Balaban J connectivity index is 1.58. The van der Waals surface area contributed by atoms with Gasteiger partial charge in [-0.1, -0.05) is 48.5 Å². The van der Waals surface area contributed by atoms with Gasteiger partial charge in [0.1, 0.15) is 17.1 Å². The van der Waals surface area contributed by atoms with Gasteiger partial charge < -0.3 is 21.1 Å². The molecule has 7 heteroatoms. The van der Waals surface area contributed by atoms with E-state index in [0.717, 1.165) is 29.0 Å². The summed E-state index contributed by atoms with van der Waals surface area (Å²) in [5, 5.41) is 10.5. The lowest BCUT2D eigenvalue weighted by atomic mass is 10.1. The van der Waals surface area contributed by atoms with E-state index in [-0.39, 0.29) is 6.03 Å². The van der Waals surface area contributed by atoms with Crippen molar-refractivity contribution >= 4 is 17.5 Å². The summed E-state index contributed by atoms with van der Waals surface area (Å²) < 4.78 is 6.87. The number of para-hydroxylation sites is 1. The molecular formula is C25H25N5O2. The number of nitrogen functional groups attached to an aromatic ring is 1. The van der Waals surface area contributed by atoms with E-state index in [9.17, 15) is 4.79 Å². The summed E-state index contributed by atoms with van der Waals surface area (Å²) in [7, 11) is 1.61. The van der Waals surface area contributed by atoms with Crippen LogP contribution in [0.4, 0.5) is 16.3 Å². The molecule has 162 valence electrons. The highest BCUT2D eigenvalue weighted by Gasteiger charge is 2.20. The van der Waals surface area contributed by atoms with E-state index >= 15 is 0 Å². The Morgan fingerprint density at radius 2 is 1.62 bits per heavy atom. The Morgan fingerprint density at radius 1 is 0.969 bits per heavy atom. The molecule has 7 nitrogen and oxygen atoms in total. The smallest absolute Gasteiger partial charge is 0.319 e. The summed E-state index contributed by atoms with van der Waals surface area (Å²) in [4.78, 5) is 12.6. The van der Waals surface area contributed by atoms with Crippen molar-refractivity contribution in [1.82, 2.24) is 15.1 Å². The highest BCUT2D eigenvalue weighted by molar-refractivity contribution is 5.97. The van der Waals surface area contributed by atoms with Gasteiger partial charge in [0, 0.05) is 12.1 Å². The summed E-state index contributed by atoms with van der Waals surface area (Å²) in [5.41, 5.74) is 10.2. The Bertz CT molecular complexity index is 1170. The van der Waals surface area contributed by atoms with Gasteiger partial charge in [0.25, 0.3) is 0 Å². The van der Waals surface area contributed by atoms with Crippen LogP contribution in [-0.2, 0) is 6.42 Å². The third kappa shape index (κ3) is 4.73. The maximum atomic E-state index is 12.6. The predicted octanol–water partition coefficient (Wildman–Crippen LogP) is 4.49. The number of anilines is 2. The van der Waals surface area contributed by atoms with Crippen LogP contribution in [0, 0.1) is 0 Å². The van der Waals surface area contributed by atoms with Crippen LogP contribution < -0.4 is 21.1 Å². The van der Waals surface area contributed by atoms with Crippen molar-refractivity contribution in [3.8, 4) is 22.7 Å². The van der Waals surface area contributed by atoms with E-state index in [2.05, 4.69) is 10.6 Å². The van der Waals surface area contributed by atoms with E-state index in [1.165, 1.54) is 0 Å². The average Bonchev–Trinajstić information content (AvgIpc) is 3.16. The van der Waals surface area contributed by atoms with E-state index < -0.39 is 0 Å². The molecule has 4 N–H and O–H groups in total. The molecule has 3 aromatic carbocycles. The lowest BCUT2D eigenvalue weighted by Crippen LogP contribution is -2.30. The molecule has 0 aliphatic carbocycles. The van der Waals surface area contributed by atoms with Gasteiger partial charge in [-0.2, -0.15) is 5.10 Å². The molecule has 0 atom stereocenters. The van der Waals surface area contributed by atoms with Gasteiger partial charge in [0.05, 0.1) is 12.8 Å². The minimum Gasteiger partial charge on any atom is -0.497 e. The Kier molecular flexibility index (Phi) is 6.36. The van der Waals surface area contributed by atoms with E-state index in [1.54, 1.807) is 11.8 Å². The Labute approximate surface area is 186 Å². The van der Waals surface area contributed by atoms with Crippen LogP contribution in [0.25, 0.3) is 16.9 Å². The molecule has 0 fully saturated rings. The third-order valence-electron chi connectivity index (χ3n) is 5.07. The first-order valence-electron chi connectivity index (χ1n) is 10.3. The van der Waals surface area contributed by atoms with Crippen LogP contribution in [0.5, 0.6) is 5.75 Å². The molecule has 0 saturated heterocycles. The number of nitrogens with zero attached hydrogens (tertiary/aromatic N) is 2. The summed E-state index contributed by atoms with van der Waals surface area (Å²) >= 11 is 0. The normalized spacial score (nSPS) is 10.5. The highest BCUT2D eigenvalue weighted by Crippen LogP contribution is 2.34. The zero-order valence-corrected chi connectivity index (χ0v) is 17.8. The number of amides is 2. The van der Waals surface area contributed by atoms with Crippen molar-refractivity contribution in [1.29, 1.82) is 0 Å². The summed E-state index contributed by atoms with van der Waals surface area (Å²) in [6.07, 6.45) is 0.734. The number of methoxy groups -OCH3 is 1. The van der Waals surface area contributed by atoms with E-state index in [1.807, 2.05) is 84.9 Å². The fraction of sp³-hybridized carbons (Fsp3) is 0.120. The second-order valence-corrected chi connectivity index (χ2v) is 7.20. The number of nitrogens with two attached hydrogens (primary N) is 1. The van der Waals surface area contributed by atoms with Crippen LogP contribution in [0.2, 0.25) is 0 Å². The van der Waals surface area contributed by atoms with Gasteiger partial charge in [0.2, 0.25) is 0 Å². The van der Waals surface area contributed by atoms with E-state index in [0.29, 0.717) is 23.7 Å². The van der Waals surface area contributed by atoms with E-state index in [4.69, 9.17) is 15.6 Å².